The number of ether oxygens (including phenoxy) is 2. The van der Waals surface area contributed by atoms with E-state index in [9.17, 15) is 10.4 Å². The lowest BCUT2D eigenvalue weighted by Crippen LogP contribution is -2.38. The number of pyridine rings is 3. The van der Waals surface area contributed by atoms with Crippen LogP contribution in [-0.2, 0) is 0 Å². The zero-order valence-corrected chi connectivity index (χ0v) is 21.3. The van der Waals surface area contributed by atoms with Crippen LogP contribution in [0, 0.1) is 23.7 Å². The number of nitriles is 1. The minimum atomic E-state index is -0.981. The summed E-state index contributed by atoms with van der Waals surface area (Å²) in [6.07, 6.45) is 12.2. The van der Waals surface area contributed by atoms with Gasteiger partial charge in [-0.2, -0.15) is 5.26 Å². The van der Waals surface area contributed by atoms with Gasteiger partial charge in [-0.1, -0.05) is 5.92 Å². The van der Waals surface area contributed by atoms with Crippen LogP contribution in [0.25, 0.3) is 16.9 Å². The molecule has 0 unspecified atom stereocenters. The second-order valence-electron chi connectivity index (χ2n) is 9.86. The fraction of sp³-hybridized carbons (Fsp3) is 0.310. The van der Waals surface area contributed by atoms with E-state index in [1.165, 1.54) is 6.20 Å². The van der Waals surface area contributed by atoms with Crippen molar-refractivity contribution in [3.05, 3.63) is 66.4 Å². The molecule has 192 valence electrons. The Morgan fingerprint density at radius 1 is 1.05 bits per heavy atom. The highest BCUT2D eigenvalue weighted by atomic mass is 16.5. The lowest BCUT2D eigenvalue weighted by atomic mass is 10.1. The van der Waals surface area contributed by atoms with Crippen LogP contribution in [0.2, 0.25) is 0 Å². The fourth-order valence-electron chi connectivity index (χ4n) is 4.38. The first-order chi connectivity index (χ1) is 18.3. The van der Waals surface area contributed by atoms with Crippen molar-refractivity contribution < 1.29 is 14.6 Å². The van der Waals surface area contributed by atoms with Crippen molar-refractivity contribution in [1.82, 2.24) is 19.4 Å². The largest absolute Gasteiger partial charge is 0.490 e. The van der Waals surface area contributed by atoms with Crippen LogP contribution < -0.4 is 14.4 Å². The van der Waals surface area contributed by atoms with E-state index in [4.69, 9.17) is 20.9 Å². The lowest BCUT2D eigenvalue weighted by Gasteiger charge is -2.33. The highest BCUT2D eigenvalue weighted by Crippen LogP contribution is 2.29. The monoisotopic (exact) mass is 508 g/mol. The molecule has 0 spiro atoms. The lowest BCUT2D eigenvalue weighted by molar-refractivity contribution is 0.0285. The molecule has 1 saturated heterocycles. The average molecular weight is 509 g/mol. The van der Waals surface area contributed by atoms with E-state index in [-0.39, 0.29) is 12.7 Å². The molecule has 4 aromatic heterocycles. The molecule has 9 heteroatoms. The predicted molar refractivity (Wildman–Crippen MR) is 143 cm³/mol. The maximum atomic E-state index is 10.1. The average Bonchev–Trinajstić information content (AvgIpc) is 3.35. The predicted octanol–water partition coefficient (Wildman–Crippen LogP) is 3.84. The second kappa shape index (κ2) is 10.4. The van der Waals surface area contributed by atoms with Gasteiger partial charge in [-0.3, -0.25) is 4.40 Å². The van der Waals surface area contributed by atoms with E-state index in [0.717, 1.165) is 48.8 Å². The van der Waals surface area contributed by atoms with Crippen molar-refractivity contribution >= 4 is 11.5 Å². The van der Waals surface area contributed by atoms with Gasteiger partial charge in [0.2, 0.25) is 0 Å². The molecule has 4 aromatic rings. The number of aliphatic hydroxyl groups is 1. The first-order valence-corrected chi connectivity index (χ1v) is 12.4. The molecule has 5 heterocycles. The minimum absolute atomic E-state index is 0.106. The quantitative estimate of drug-likeness (QED) is 0.375. The van der Waals surface area contributed by atoms with E-state index in [2.05, 4.69) is 26.9 Å². The van der Waals surface area contributed by atoms with Gasteiger partial charge in [0.1, 0.15) is 53.1 Å². The highest BCUT2D eigenvalue weighted by molar-refractivity contribution is 5.68. The number of imidazole rings is 1. The number of hydrogen-bond acceptors (Lipinski definition) is 8. The Morgan fingerprint density at radius 2 is 1.87 bits per heavy atom. The molecule has 0 aliphatic carbocycles. The topological polar surface area (TPSA) is 109 Å². The number of piperidine rings is 1. The second-order valence-corrected chi connectivity index (χ2v) is 9.86. The van der Waals surface area contributed by atoms with Crippen LogP contribution in [0.5, 0.6) is 11.5 Å². The van der Waals surface area contributed by atoms with Crippen LogP contribution >= 0.6 is 0 Å². The molecular weight excluding hydrogens is 480 g/mol. The number of terminal acetylenes is 1. The van der Waals surface area contributed by atoms with E-state index in [0.29, 0.717) is 22.8 Å². The molecule has 0 saturated carbocycles. The summed E-state index contributed by atoms with van der Waals surface area (Å²) in [5.74, 6) is 4.67. The number of nitrogens with zero attached hydrogens (tertiary/aromatic N) is 6. The molecule has 1 N–H and O–H groups in total. The number of aromatic nitrogens is 4. The Morgan fingerprint density at radius 3 is 2.50 bits per heavy atom. The van der Waals surface area contributed by atoms with Crippen LogP contribution in [0.3, 0.4) is 0 Å². The highest BCUT2D eigenvalue weighted by Gasteiger charge is 2.22. The molecule has 1 aliphatic rings. The molecule has 9 nitrogen and oxygen atoms in total. The van der Waals surface area contributed by atoms with Crippen LogP contribution in [0.1, 0.15) is 38.1 Å². The van der Waals surface area contributed by atoms with E-state index >= 15 is 0 Å². The number of anilines is 1. The van der Waals surface area contributed by atoms with Gasteiger partial charge in [0.25, 0.3) is 0 Å². The number of hydrogen-bond donors (Lipinski definition) is 1. The maximum absolute atomic E-state index is 10.1. The molecule has 5 rings (SSSR count). The summed E-state index contributed by atoms with van der Waals surface area (Å²) in [7, 11) is 0. The summed E-state index contributed by atoms with van der Waals surface area (Å²) in [6, 6.07) is 13.4. The van der Waals surface area contributed by atoms with Gasteiger partial charge in [-0.05, 0) is 38.1 Å². The number of rotatable bonds is 7. The molecule has 1 fully saturated rings. The van der Waals surface area contributed by atoms with Gasteiger partial charge in [0.15, 0.2) is 0 Å². The third kappa shape index (κ3) is 5.54. The van der Waals surface area contributed by atoms with Gasteiger partial charge in [0, 0.05) is 49.8 Å². The molecule has 38 heavy (non-hydrogen) atoms. The van der Waals surface area contributed by atoms with E-state index in [1.807, 2.05) is 24.3 Å². The van der Waals surface area contributed by atoms with Crippen LogP contribution in [0.15, 0.2) is 55.0 Å². The fourth-order valence-corrected chi connectivity index (χ4v) is 4.38. The molecule has 1 aliphatic heterocycles. The molecule has 0 radical (unpaired) electrons. The molecule has 0 atom stereocenters. The molecular formula is C29H28N6O3. The van der Waals surface area contributed by atoms with Gasteiger partial charge in [0.05, 0.1) is 23.7 Å². The van der Waals surface area contributed by atoms with Crippen LogP contribution in [0.4, 0.5) is 5.82 Å². The van der Waals surface area contributed by atoms with E-state index in [1.54, 1.807) is 42.8 Å². The third-order valence-electron chi connectivity index (χ3n) is 6.28. The van der Waals surface area contributed by atoms with Gasteiger partial charge in [-0.25, -0.2) is 15.0 Å². The summed E-state index contributed by atoms with van der Waals surface area (Å²) in [5.41, 5.74) is 2.16. The van der Waals surface area contributed by atoms with Crippen molar-refractivity contribution in [2.24, 2.45) is 0 Å². The van der Waals surface area contributed by atoms with Crippen molar-refractivity contribution in [3.63, 3.8) is 0 Å². The smallest absolute Gasteiger partial charge is 0.145 e. The van der Waals surface area contributed by atoms with Gasteiger partial charge >= 0.3 is 0 Å². The number of fused-ring (bicyclic) bond motifs is 1. The van der Waals surface area contributed by atoms with E-state index < -0.39 is 5.60 Å². The summed E-state index contributed by atoms with van der Waals surface area (Å²) in [5, 5.41) is 19.7. The Bertz CT molecular complexity index is 1500. The zero-order valence-electron chi connectivity index (χ0n) is 21.3. The summed E-state index contributed by atoms with van der Waals surface area (Å²) in [4.78, 5) is 15.5. The minimum Gasteiger partial charge on any atom is -0.490 e. The van der Waals surface area contributed by atoms with Crippen molar-refractivity contribution in [2.75, 3.05) is 24.6 Å². The van der Waals surface area contributed by atoms with Crippen molar-refractivity contribution in [3.8, 4) is 41.2 Å². The summed E-state index contributed by atoms with van der Waals surface area (Å²) >= 11 is 0. The molecule has 0 bridgehead atoms. The summed E-state index contributed by atoms with van der Waals surface area (Å²) < 4.78 is 13.7. The Kier molecular flexibility index (Phi) is 6.87. The summed E-state index contributed by atoms with van der Waals surface area (Å²) in [6.45, 7) is 5.12. The Hall–Kier alpha value is -4.60. The molecule has 0 amide bonds. The van der Waals surface area contributed by atoms with Gasteiger partial charge in [-0.15, -0.1) is 6.42 Å². The molecule has 0 aromatic carbocycles. The zero-order chi connectivity index (χ0) is 26.7. The maximum Gasteiger partial charge on any atom is 0.145 e. The van der Waals surface area contributed by atoms with Crippen molar-refractivity contribution in [2.45, 2.75) is 38.4 Å². The third-order valence-corrected chi connectivity index (χ3v) is 6.28. The SMILES string of the molecule is C#Cc1ccc(OC2CCN(c3ccc(-c4cc(OCC(C)(C)O)cc5ncc(C#N)n45)cn3)CC2)cn1. The van der Waals surface area contributed by atoms with Gasteiger partial charge < -0.3 is 19.5 Å². The first-order valence-electron chi connectivity index (χ1n) is 12.4. The first kappa shape index (κ1) is 25.1. The van der Waals surface area contributed by atoms with Crippen LogP contribution in [-0.4, -0.2) is 55.9 Å². The Labute approximate surface area is 221 Å². The Balaban J connectivity index is 1.31. The standard InChI is InChI=1S/C29H28N6O3/c1-4-21-6-7-24(18-31-21)38-23-9-11-34(12-10-23)27-8-5-20(16-32-27)26-13-25(37-19-29(2,3)36)14-28-33-17-22(15-30)35(26)28/h1,5-8,13-14,16-18,23,36H,9-12,19H2,2-3H3. The normalized spacial score (nSPS) is 14.2. The van der Waals surface area contributed by atoms with Crippen molar-refractivity contribution in [1.29, 1.82) is 5.26 Å².